The summed E-state index contributed by atoms with van der Waals surface area (Å²) >= 11 is 0. The van der Waals surface area contributed by atoms with E-state index in [0.29, 0.717) is 9.52 Å². The monoisotopic (exact) mass is 188 g/mol. The third-order valence-electron chi connectivity index (χ3n) is 1.43. The Morgan fingerprint density at radius 2 is 1.73 bits per heavy atom. The second-order valence-corrected chi connectivity index (χ2v) is 12.5. The summed E-state index contributed by atoms with van der Waals surface area (Å²) in [7, 11) is -0.156. The Bertz CT molecular complexity index is 96.2. The van der Waals surface area contributed by atoms with Crippen molar-refractivity contribution >= 4 is 17.6 Å². The van der Waals surface area contributed by atoms with Gasteiger partial charge in [-0.05, 0) is 13.8 Å². The van der Waals surface area contributed by atoms with E-state index in [2.05, 4.69) is 19.6 Å². The fourth-order valence-corrected chi connectivity index (χ4v) is 4.86. The summed E-state index contributed by atoms with van der Waals surface area (Å²) < 4.78 is 0. The summed E-state index contributed by atoms with van der Waals surface area (Å²) in [5.41, 5.74) is 0. The molecule has 2 radical (unpaired) electrons. The lowest BCUT2D eigenvalue weighted by Gasteiger charge is -2.19. The Morgan fingerprint density at radius 1 is 1.27 bits per heavy atom. The molecule has 0 aromatic carbocycles. The van der Waals surface area contributed by atoms with Gasteiger partial charge in [-0.1, -0.05) is 31.7 Å². The molecule has 0 atom stereocenters. The number of hydrogen-bond acceptors (Lipinski definition) is 1. The van der Waals surface area contributed by atoms with Crippen LogP contribution in [-0.4, -0.2) is 27.9 Å². The lowest BCUT2D eigenvalue weighted by molar-refractivity contribution is 0.165. The number of hydrogen-bond donors (Lipinski definition) is 1. The minimum absolute atomic E-state index is 0.431. The Morgan fingerprint density at radius 3 is 2.00 bits per heavy atom. The minimum Gasteiger partial charge on any atom is -0.395 e. The zero-order valence-electron chi connectivity index (χ0n) is 8.36. The highest BCUT2D eigenvalue weighted by molar-refractivity contribution is 6.76. The van der Waals surface area contributed by atoms with Crippen LogP contribution in [0.4, 0.5) is 0 Å². The third-order valence-corrected chi connectivity index (χ3v) is 5.05. The van der Waals surface area contributed by atoms with E-state index in [0.717, 1.165) is 0 Å². The molecule has 11 heavy (non-hydrogen) atoms. The van der Waals surface area contributed by atoms with Gasteiger partial charge in [0.05, 0.1) is 9.52 Å². The van der Waals surface area contributed by atoms with Gasteiger partial charge in [0.15, 0.2) is 0 Å². The SMILES string of the molecule is CC(C)(O)[Si]CC[Si](C)(C)C. The van der Waals surface area contributed by atoms with Crippen LogP contribution in [0.3, 0.4) is 0 Å². The first-order valence-electron chi connectivity index (χ1n) is 4.18. The average Bonchev–Trinajstić information content (AvgIpc) is 1.55. The van der Waals surface area contributed by atoms with Crippen LogP contribution in [0.2, 0.25) is 31.7 Å². The van der Waals surface area contributed by atoms with Crippen LogP contribution in [-0.2, 0) is 0 Å². The van der Waals surface area contributed by atoms with E-state index in [4.69, 9.17) is 0 Å². The lowest BCUT2D eigenvalue weighted by Crippen LogP contribution is -2.29. The molecular formula is C8H20OSi2. The van der Waals surface area contributed by atoms with Crippen molar-refractivity contribution in [2.45, 2.75) is 50.8 Å². The van der Waals surface area contributed by atoms with Gasteiger partial charge in [-0.15, -0.1) is 0 Å². The highest BCUT2D eigenvalue weighted by Crippen LogP contribution is 2.13. The molecular weight excluding hydrogens is 168 g/mol. The summed E-state index contributed by atoms with van der Waals surface area (Å²) in [6, 6.07) is 2.55. The van der Waals surface area contributed by atoms with Crippen molar-refractivity contribution in [3.63, 3.8) is 0 Å². The molecule has 0 aliphatic rings. The van der Waals surface area contributed by atoms with E-state index in [9.17, 15) is 5.11 Å². The maximum absolute atomic E-state index is 9.44. The molecule has 66 valence electrons. The van der Waals surface area contributed by atoms with Gasteiger partial charge < -0.3 is 5.11 Å². The first kappa shape index (κ1) is 11.4. The van der Waals surface area contributed by atoms with E-state index >= 15 is 0 Å². The molecule has 0 aromatic rings. The molecule has 0 saturated carbocycles. The van der Waals surface area contributed by atoms with Gasteiger partial charge >= 0.3 is 0 Å². The van der Waals surface area contributed by atoms with E-state index in [-0.39, 0.29) is 0 Å². The average molecular weight is 188 g/mol. The molecule has 0 aromatic heterocycles. The van der Waals surface area contributed by atoms with Gasteiger partial charge in [0, 0.05) is 13.3 Å². The molecule has 0 aliphatic carbocycles. The lowest BCUT2D eigenvalue weighted by atomic mass is 10.5. The molecule has 1 N–H and O–H groups in total. The van der Waals surface area contributed by atoms with Crippen LogP contribution in [0.1, 0.15) is 13.8 Å². The van der Waals surface area contributed by atoms with Crippen LogP contribution in [0, 0.1) is 0 Å². The molecule has 0 rings (SSSR count). The van der Waals surface area contributed by atoms with Crippen molar-refractivity contribution in [3.05, 3.63) is 0 Å². The fraction of sp³-hybridized carbons (Fsp3) is 1.00. The smallest absolute Gasteiger partial charge is 0.0808 e. The fourth-order valence-electron chi connectivity index (χ4n) is 0.743. The molecule has 1 nitrogen and oxygen atoms in total. The van der Waals surface area contributed by atoms with Gasteiger partial charge in [0.25, 0.3) is 0 Å². The van der Waals surface area contributed by atoms with Crippen LogP contribution in [0.25, 0.3) is 0 Å². The Kier molecular flexibility index (Phi) is 4.01. The van der Waals surface area contributed by atoms with Crippen LogP contribution in [0.15, 0.2) is 0 Å². The largest absolute Gasteiger partial charge is 0.395 e. The predicted molar refractivity (Wildman–Crippen MR) is 55.0 cm³/mol. The van der Waals surface area contributed by atoms with Crippen molar-refractivity contribution in [2.75, 3.05) is 0 Å². The minimum atomic E-state index is -0.861. The van der Waals surface area contributed by atoms with Crippen molar-refractivity contribution in [1.82, 2.24) is 0 Å². The molecule has 0 heterocycles. The quantitative estimate of drug-likeness (QED) is 0.671. The standard InChI is InChI=1S/C8H20OSi2/c1-8(2,9)10-6-7-11(3,4)5/h9H,6-7H2,1-5H3. The molecule has 0 amide bonds. The van der Waals surface area contributed by atoms with Gasteiger partial charge in [0.2, 0.25) is 0 Å². The second kappa shape index (κ2) is 3.87. The molecule has 0 spiro atoms. The second-order valence-electron chi connectivity index (χ2n) is 4.80. The molecule has 0 fully saturated rings. The van der Waals surface area contributed by atoms with E-state index < -0.39 is 13.3 Å². The summed E-state index contributed by atoms with van der Waals surface area (Å²) in [5.74, 6) is 0. The van der Waals surface area contributed by atoms with Gasteiger partial charge in [0.1, 0.15) is 0 Å². The van der Waals surface area contributed by atoms with Gasteiger partial charge in [-0.3, -0.25) is 0 Å². The first-order chi connectivity index (χ1) is 4.71. The number of aliphatic hydroxyl groups is 1. The van der Waals surface area contributed by atoms with Gasteiger partial charge in [-0.2, -0.15) is 0 Å². The topological polar surface area (TPSA) is 20.2 Å². The maximum Gasteiger partial charge on any atom is 0.0808 e. The van der Waals surface area contributed by atoms with Crippen molar-refractivity contribution in [1.29, 1.82) is 0 Å². The summed E-state index contributed by atoms with van der Waals surface area (Å²) in [6.45, 7) is 10.9. The zero-order valence-corrected chi connectivity index (χ0v) is 10.4. The molecule has 0 unspecified atom stereocenters. The molecule has 0 aliphatic heterocycles. The number of rotatable bonds is 4. The van der Waals surface area contributed by atoms with Crippen LogP contribution < -0.4 is 0 Å². The Hall–Kier alpha value is 0.394. The van der Waals surface area contributed by atoms with Crippen molar-refractivity contribution in [3.8, 4) is 0 Å². The highest BCUT2D eigenvalue weighted by Gasteiger charge is 2.17. The van der Waals surface area contributed by atoms with Crippen LogP contribution in [0.5, 0.6) is 0 Å². The predicted octanol–water partition coefficient (Wildman–Crippen LogP) is 2.18. The molecule has 0 saturated heterocycles. The Balaban J connectivity index is 3.44. The Labute approximate surface area is 74.0 Å². The normalized spacial score (nSPS) is 13.6. The van der Waals surface area contributed by atoms with E-state index in [1.54, 1.807) is 0 Å². The van der Waals surface area contributed by atoms with E-state index in [1.807, 2.05) is 13.8 Å². The summed E-state index contributed by atoms with van der Waals surface area (Å²) in [5, 5.41) is 9.01. The molecule has 3 heteroatoms. The van der Waals surface area contributed by atoms with Gasteiger partial charge in [-0.25, -0.2) is 0 Å². The van der Waals surface area contributed by atoms with E-state index in [1.165, 1.54) is 12.1 Å². The first-order valence-corrected chi connectivity index (χ1v) is 9.09. The molecule has 0 bridgehead atoms. The summed E-state index contributed by atoms with van der Waals surface area (Å²) in [4.78, 5) is 0. The maximum atomic E-state index is 9.44. The van der Waals surface area contributed by atoms with Crippen LogP contribution >= 0.6 is 0 Å². The van der Waals surface area contributed by atoms with Crippen molar-refractivity contribution < 1.29 is 5.11 Å². The summed E-state index contributed by atoms with van der Waals surface area (Å²) in [6.07, 6.45) is 0. The van der Waals surface area contributed by atoms with Crippen molar-refractivity contribution in [2.24, 2.45) is 0 Å². The highest BCUT2D eigenvalue weighted by atomic mass is 28.3. The zero-order chi connectivity index (χ0) is 9.12. The third kappa shape index (κ3) is 10.4.